The molecule has 4 heteroatoms. The first kappa shape index (κ1) is 11.5. The van der Waals surface area contributed by atoms with Gasteiger partial charge in [0.2, 0.25) is 0 Å². The van der Waals surface area contributed by atoms with Crippen molar-refractivity contribution in [3.8, 4) is 11.5 Å². The minimum absolute atomic E-state index is 0.567. The summed E-state index contributed by atoms with van der Waals surface area (Å²) in [5.74, 6) is 7.41. The molecule has 1 aromatic heterocycles. The average Bonchev–Trinajstić information content (AvgIpc) is 2.48. The summed E-state index contributed by atoms with van der Waals surface area (Å²) in [6.45, 7) is 0. The van der Waals surface area contributed by atoms with Gasteiger partial charge in [-0.3, -0.25) is 0 Å². The highest BCUT2D eigenvalue weighted by molar-refractivity contribution is 5.88. The number of nitrogens with zero attached hydrogens (tertiary/aromatic N) is 1. The van der Waals surface area contributed by atoms with Gasteiger partial charge in [-0.05, 0) is 17.5 Å². The van der Waals surface area contributed by atoms with Gasteiger partial charge in [0.25, 0.3) is 0 Å². The van der Waals surface area contributed by atoms with Crippen molar-refractivity contribution in [1.82, 2.24) is 4.98 Å². The number of pyridine rings is 1. The molecule has 0 aliphatic heterocycles. The minimum atomic E-state index is 0.567. The molecule has 0 spiro atoms. The first-order valence-electron chi connectivity index (χ1n) is 5.95. The molecule has 0 atom stereocenters. The number of nitrogens with one attached hydrogen (secondary N) is 1. The van der Waals surface area contributed by atoms with Gasteiger partial charge in [-0.25, -0.2) is 10.8 Å². The zero-order valence-electron chi connectivity index (χ0n) is 10.2. The second-order valence-electron chi connectivity index (χ2n) is 4.10. The summed E-state index contributed by atoms with van der Waals surface area (Å²) < 4.78 is 5.90. The quantitative estimate of drug-likeness (QED) is 0.554. The number of aromatic nitrogens is 1. The molecule has 0 saturated carbocycles. The number of hydrazine groups is 1. The molecule has 0 saturated heterocycles. The van der Waals surface area contributed by atoms with Crippen LogP contribution >= 0.6 is 0 Å². The maximum atomic E-state index is 5.90. The molecule has 0 fully saturated rings. The maximum Gasteiger partial charge on any atom is 0.143 e. The average molecular weight is 251 g/mol. The number of benzene rings is 2. The van der Waals surface area contributed by atoms with Crippen LogP contribution in [-0.4, -0.2) is 4.98 Å². The van der Waals surface area contributed by atoms with E-state index in [0.717, 1.165) is 16.5 Å². The molecular formula is C15H13N3O. The van der Waals surface area contributed by atoms with Gasteiger partial charge in [-0.2, -0.15) is 0 Å². The number of anilines is 1. The number of nitrogen functional groups attached to an aromatic ring is 1. The van der Waals surface area contributed by atoms with E-state index in [-0.39, 0.29) is 0 Å². The maximum absolute atomic E-state index is 5.90. The van der Waals surface area contributed by atoms with Crippen molar-refractivity contribution in [2.75, 3.05) is 5.43 Å². The third-order valence-electron chi connectivity index (χ3n) is 2.86. The fourth-order valence-corrected chi connectivity index (χ4v) is 1.97. The number of rotatable bonds is 3. The van der Waals surface area contributed by atoms with E-state index in [9.17, 15) is 0 Å². The molecule has 0 aliphatic carbocycles. The molecule has 0 bridgehead atoms. The van der Waals surface area contributed by atoms with E-state index in [4.69, 9.17) is 10.6 Å². The van der Waals surface area contributed by atoms with Crippen LogP contribution in [0.2, 0.25) is 0 Å². The Kier molecular flexibility index (Phi) is 3.00. The van der Waals surface area contributed by atoms with Crippen LogP contribution in [0.3, 0.4) is 0 Å². The normalized spacial score (nSPS) is 10.4. The standard InChI is InChI=1S/C15H13N3O/c16-18-15-10-12(8-9-17-15)19-14-7-3-5-11-4-1-2-6-13(11)14/h1-10H,16H2,(H,17,18). The molecule has 0 amide bonds. The lowest BCUT2D eigenvalue weighted by Crippen LogP contribution is -2.08. The van der Waals surface area contributed by atoms with E-state index in [1.165, 1.54) is 0 Å². The lowest BCUT2D eigenvalue weighted by Gasteiger charge is -2.09. The molecule has 19 heavy (non-hydrogen) atoms. The molecule has 4 nitrogen and oxygen atoms in total. The monoisotopic (exact) mass is 251 g/mol. The number of hydrogen-bond donors (Lipinski definition) is 2. The highest BCUT2D eigenvalue weighted by Gasteiger charge is 2.03. The van der Waals surface area contributed by atoms with Crippen LogP contribution in [0.25, 0.3) is 10.8 Å². The Morgan fingerprint density at radius 1 is 1.00 bits per heavy atom. The lowest BCUT2D eigenvalue weighted by molar-refractivity contribution is 0.488. The Hall–Kier alpha value is -2.59. The molecule has 0 aliphatic rings. The van der Waals surface area contributed by atoms with Crippen molar-refractivity contribution >= 4 is 16.6 Å². The Morgan fingerprint density at radius 3 is 2.74 bits per heavy atom. The lowest BCUT2D eigenvalue weighted by atomic mass is 10.1. The SMILES string of the molecule is NNc1cc(Oc2cccc3ccccc23)ccn1. The van der Waals surface area contributed by atoms with Crippen LogP contribution in [0.5, 0.6) is 11.5 Å². The summed E-state index contributed by atoms with van der Waals surface area (Å²) in [5, 5.41) is 2.22. The van der Waals surface area contributed by atoms with Crippen LogP contribution in [0.15, 0.2) is 60.8 Å². The van der Waals surface area contributed by atoms with E-state index in [0.29, 0.717) is 11.6 Å². The topological polar surface area (TPSA) is 60.2 Å². The van der Waals surface area contributed by atoms with Gasteiger partial charge in [0.15, 0.2) is 0 Å². The second kappa shape index (κ2) is 4.96. The van der Waals surface area contributed by atoms with Crippen LogP contribution in [0.1, 0.15) is 0 Å². The van der Waals surface area contributed by atoms with Gasteiger partial charge in [0, 0.05) is 17.6 Å². The number of ether oxygens (including phenoxy) is 1. The van der Waals surface area contributed by atoms with E-state index in [1.807, 2.05) is 30.3 Å². The fraction of sp³-hybridized carbons (Fsp3) is 0. The number of fused-ring (bicyclic) bond motifs is 1. The predicted octanol–water partition coefficient (Wildman–Crippen LogP) is 3.31. The largest absolute Gasteiger partial charge is 0.457 e. The van der Waals surface area contributed by atoms with Gasteiger partial charge < -0.3 is 10.2 Å². The van der Waals surface area contributed by atoms with Gasteiger partial charge in [-0.1, -0.05) is 36.4 Å². The van der Waals surface area contributed by atoms with E-state index in [1.54, 1.807) is 18.3 Å². The Balaban J connectivity index is 2.01. The predicted molar refractivity (Wildman–Crippen MR) is 76.1 cm³/mol. The van der Waals surface area contributed by atoms with Crippen LogP contribution in [0, 0.1) is 0 Å². The molecule has 94 valence electrons. The first-order chi connectivity index (χ1) is 9.36. The Bertz CT molecular complexity index is 707. The molecule has 0 radical (unpaired) electrons. The van der Waals surface area contributed by atoms with Gasteiger partial charge >= 0.3 is 0 Å². The molecule has 3 N–H and O–H groups in total. The highest BCUT2D eigenvalue weighted by atomic mass is 16.5. The second-order valence-corrected chi connectivity index (χ2v) is 4.10. The molecule has 3 rings (SSSR count). The van der Waals surface area contributed by atoms with Crippen molar-refractivity contribution in [3.05, 3.63) is 60.8 Å². The van der Waals surface area contributed by atoms with E-state index >= 15 is 0 Å². The summed E-state index contributed by atoms with van der Waals surface area (Å²) >= 11 is 0. The zero-order chi connectivity index (χ0) is 13.1. The zero-order valence-corrected chi connectivity index (χ0v) is 10.2. The van der Waals surface area contributed by atoms with Crippen molar-refractivity contribution < 1.29 is 4.74 Å². The summed E-state index contributed by atoms with van der Waals surface area (Å²) in [5.41, 5.74) is 2.50. The highest BCUT2D eigenvalue weighted by Crippen LogP contribution is 2.30. The van der Waals surface area contributed by atoms with Crippen molar-refractivity contribution in [3.63, 3.8) is 0 Å². The smallest absolute Gasteiger partial charge is 0.143 e. The molecule has 0 unspecified atom stereocenters. The molecular weight excluding hydrogens is 238 g/mol. The van der Waals surface area contributed by atoms with Crippen molar-refractivity contribution in [1.29, 1.82) is 0 Å². The van der Waals surface area contributed by atoms with Crippen molar-refractivity contribution in [2.45, 2.75) is 0 Å². The summed E-state index contributed by atoms with van der Waals surface area (Å²) in [7, 11) is 0. The van der Waals surface area contributed by atoms with Crippen LogP contribution in [0.4, 0.5) is 5.82 Å². The molecule has 1 heterocycles. The van der Waals surface area contributed by atoms with Gasteiger partial charge in [0.05, 0.1) is 0 Å². The number of hydrogen-bond acceptors (Lipinski definition) is 4. The Morgan fingerprint density at radius 2 is 1.84 bits per heavy atom. The summed E-state index contributed by atoms with van der Waals surface area (Å²) in [6, 6.07) is 17.6. The summed E-state index contributed by atoms with van der Waals surface area (Å²) in [4.78, 5) is 4.05. The third-order valence-corrected chi connectivity index (χ3v) is 2.86. The molecule has 2 aromatic carbocycles. The molecule has 3 aromatic rings. The number of nitrogens with two attached hydrogens (primary N) is 1. The Labute approximate surface area is 110 Å². The van der Waals surface area contributed by atoms with E-state index < -0.39 is 0 Å². The fourth-order valence-electron chi connectivity index (χ4n) is 1.97. The summed E-state index contributed by atoms with van der Waals surface area (Å²) in [6.07, 6.45) is 1.65. The minimum Gasteiger partial charge on any atom is -0.457 e. The van der Waals surface area contributed by atoms with Gasteiger partial charge in [0.1, 0.15) is 17.3 Å². The first-order valence-corrected chi connectivity index (χ1v) is 5.95. The van der Waals surface area contributed by atoms with Gasteiger partial charge in [-0.15, -0.1) is 0 Å². The van der Waals surface area contributed by atoms with Crippen LogP contribution in [-0.2, 0) is 0 Å². The third kappa shape index (κ3) is 2.34. The van der Waals surface area contributed by atoms with Crippen LogP contribution < -0.4 is 16.0 Å². The van der Waals surface area contributed by atoms with Crippen molar-refractivity contribution in [2.24, 2.45) is 5.84 Å². The van der Waals surface area contributed by atoms with E-state index in [2.05, 4.69) is 22.5 Å².